The predicted molar refractivity (Wildman–Crippen MR) is 93.1 cm³/mol. The van der Waals surface area contributed by atoms with Gasteiger partial charge in [0.25, 0.3) is 0 Å². The molecule has 0 atom stereocenters. The Morgan fingerprint density at radius 1 is 1.18 bits per heavy atom. The molecule has 1 saturated heterocycles. The molecule has 0 aromatic heterocycles. The third kappa shape index (κ3) is 4.80. The molecule has 3 heteroatoms. The Balaban J connectivity index is 2.07. The maximum Gasteiger partial charge on any atom is 0.0558 e. The largest absolute Gasteiger partial charge is 0.395 e. The zero-order valence-electron chi connectivity index (χ0n) is 14.5. The highest BCUT2D eigenvalue weighted by atomic mass is 16.3. The Hall–Kier alpha value is -0.900. The summed E-state index contributed by atoms with van der Waals surface area (Å²) in [4.78, 5) is 4.89. The van der Waals surface area contributed by atoms with E-state index < -0.39 is 0 Å². The second kappa shape index (κ2) is 8.09. The van der Waals surface area contributed by atoms with Crippen LogP contribution in [0.2, 0.25) is 0 Å². The molecule has 3 nitrogen and oxygen atoms in total. The number of hydrogen-bond donors (Lipinski definition) is 1. The van der Waals surface area contributed by atoms with Crippen LogP contribution in [-0.4, -0.2) is 60.8 Å². The van der Waals surface area contributed by atoms with Crippen LogP contribution in [0.4, 0.5) is 0 Å². The Morgan fingerprint density at radius 3 is 2.36 bits per heavy atom. The summed E-state index contributed by atoms with van der Waals surface area (Å²) in [6.45, 7) is 9.06. The maximum atomic E-state index is 9.20. The summed E-state index contributed by atoms with van der Waals surface area (Å²) in [5, 5.41) is 9.20. The van der Waals surface area contributed by atoms with E-state index in [4.69, 9.17) is 0 Å². The number of likely N-dealkylation sites (tertiary alicyclic amines) is 1. The van der Waals surface area contributed by atoms with Gasteiger partial charge in [-0.15, -0.1) is 0 Å². The average molecular weight is 304 g/mol. The SMILES string of the molecule is CC(C)N1CCC(Cc2ccccc2)(CN(C)CCO)CC1. The molecule has 2 rings (SSSR count). The molecule has 0 amide bonds. The Labute approximate surface area is 135 Å². The van der Waals surface area contributed by atoms with Crippen LogP contribution in [-0.2, 0) is 6.42 Å². The zero-order chi connectivity index (χ0) is 16.0. The van der Waals surface area contributed by atoms with E-state index in [1.54, 1.807) is 0 Å². The molecule has 1 aliphatic heterocycles. The number of aliphatic hydroxyl groups excluding tert-OH is 1. The molecule has 124 valence electrons. The van der Waals surface area contributed by atoms with Crippen molar-refractivity contribution in [3.8, 4) is 0 Å². The highest BCUT2D eigenvalue weighted by Gasteiger charge is 2.36. The number of aliphatic hydroxyl groups is 1. The predicted octanol–water partition coefficient (Wildman–Crippen LogP) is 2.64. The van der Waals surface area contributed by atoms with E-state index in [0.29, 0.717) is 11.5 Å². The Morgan fingerprint density at radius 2 is 1.82 bits per heavy atom. The first-order valence-electron chi connectivity index (χ1n) is 8.62. The van der Waals surface area contributed by atoms with Gasteiger partial charge in [0.2, 0.25) is 0 Å². The van der Waals surface area contributed by atoms with E-state index >= 15 is 0 Å². The second-order valence-corrected chi connectivity index (χ2v) is 7.25. The normalized spacial score (nSPS) is 19.0. The number of piperidine rings is 1. The van der Waals surface area contributed by atoms with Gasteiger partial charge in [-0.1, -0.05) is 30.3 Å². The fraction of sp³-hybridized carbons (Fsp3) is 0.684. The van der Waals surface area contributed by atoms with Crippen LogP contribution >= 0.6 is 0 Å². The van der Waals surface area contributed by atoms with Gasteiger partial charge in [0.05, 0.1) is 6.61 Å². The zero-order valence-corrected chi connectivity index (χ0v) is 14.5. The smallest absolute Gasteiger partial charge is 0.0558 e. The van der Waals surface area contributed by atoms with Crippen LogP contribution in [0.15, 0.2) is 30.3 Å². The van der Waals surface area contributed by atoms with E-state index in [2.05, 4.69) is 61.0 Å². The van der Waals surface area contributed by atoms with E-state index in [1.807, 2.05) is 0 Å². The van der Waals surface area contributed by atoms with Gasteiger partial charge >= 0.3 is 0 Å². The van der Waals surface area contributed by atoms with Crippen molar-refractivity contribution >= 4 is 0 Å². The van der Waals surface area contributed by atoms with Crippen LogP contribution < -0.4 is 0 Å². The summed E-state index contributed by atoms with van der Waals surface area (Å²) in [5.74, 6) is 0. The lowest BCUT2D eigenvalue weighted by Gasteiger charge is -2.45. The molecule has 0 aliphatic carbocycles. The summed E-state index contributed by atoms with van der Waals surface area (Å²) in [7, 11) is 2.14. The highest BCUT2D eigenvalue weighted by Crippen LogP contribution is 2.36. The molecule has 1 aliphatic rings. The van der Waals surface area contributed by atoms with Crippen LogP contribution in [0.25, 0.3) is 0 Å². The van der Waals surface area contributed by atoms with Gasteiger partial charge in [0.1, 0.15) is 0 Å². The molecule has 0 unspecified atom stereocenters. The van der Waals surface area contributed by atoms with Crippen molar-refractivity contribution in [1.82, 2.24) is 9.80 Å². The number of nitrogens with zero attached hydrogens (tertiary/aromatic N) is 2. The first-order valence-corrected chi connectivity index (χ1v) is 8.62. The quantitative estimate of drug-likeness (QED) is 0.839. The van der Waals surface area contributed by atoms with E-state index in [-0.39, 0.29) is 6.61 Å². The van der Waals surface area contributed by atoms with E-state index in [9.17, 15) is 5.11 Å². The van der Waals surface area contributed by atoms with Gasteiger partial charge < -0.3 is 14.9 Å². The molecule has 1 aromatic carbocycles. The lowest BCUT2D eigenvalue weighted by atomic mass is 9.73. The Kier molecular flexibility index (Phi) is 6.42. The van der Waals surface area contributed by atoms with Gasteiger partial charge in [-0.3, -0.25) is 0 Å². The van der Waals surface area contributed by atoms with E-state index in [1.165, 1.54) is 31.5 Å². The molecule has 1 N–H and O–H groups in total. The van der Waals surface area contributed by atoms with Crippen molar-refractivity contribution in [3.05, 3.63) is 35.9 Å². The molecule has 0 bridgehead atoms. The van der Waals surface area contributed by atoms with Crippen molar-refractivity contribution in [3.63, 3.8) is 0 Å². The molecule has 1 aromatic rings. The number of rotatable bonds is 7. The molecule has 1 heterocycles. The Bertz CT molecular complexity index is 424. The minimum absolute atomic E-state index is 0.246. The maximum absolute atomic E-state index is 9.20. The fourth-order valence-corrected chi connectivity index (χ4v) is 3.76. The molecule has 0 saturated carbocycles. The van der Waals surface area contributed by atoms with Crippen molar-refractivity contribution in [1.29, 1.82) is 0 Å². The van der Waals surface area contributed by atoms with Gasteiger partial charge in [0.15, 0.2) is 0 Å². The standard InChI is InChI=1S/C19H32N2O/c1-17(2)21-11-9-19(10-12-21,16-20(3)13-14-22)15-18-7-5-4-6-8-18/h4-8,17,22H,9-16H2,1-3H3. The highest BCUT2D eigenvalue weighted by molar-refractivity contribution is 5.17. The topological polar surface area (TPSA) is 26.7 Å². The summed E-state index contributed by atoms with van der Waals surface area (Å²) in [5.41, 5.74) is 1.79. The average Bonchev–Trinajstić information content (AvgIpc) is 2.48. The van der Waals surface area contributed by atoms with Crippen molar-refractivity contribution in [2.45, 2.75) is 39.2 Å². The first kappa shape index (κ1) is 17.5. The van der Waals surface area contributed by atoms with Crippen LogP contribution in [0.5, 0.6) is 0 Å². The lowest BCUT2D eigenvalue weighted by Crippen LogP contribution is -2.48. The summed E-state index contributed by atoms with van der Waals surface area (Å²) < 4.78 is 0. The fourth-order valence-electron chi connectivity index (χ4n) is 3.76. The minimum Gasteiger partial charge on any atom is -0.395 e. The van der Waals surface area contributed by atoms with E-state index in [0.717, 1.165) is 19.5 Å². The molecular formula is C19H32N2O. The molecular weight excluding hydrogens is 272 g/mol. The summed E-state index contributed by atoms with van der Waals surface area (Å²) in [6, 6.07) is 11.5. The molecule has 0 spiro atoms. The van der Waals surface area contributed by atoms with Crippen molar-refractivity contribution in [2.75, 3.05) is 39.8 Å². The monoisotopic (exact) mass is 304 g/mol. The number of hydrogen-bond acceptors (Lipinski definition) is 3. The first-order chi connectivity index (χ1) is 10.5. The van der Waals surface area contributed by atoms with Gasteiger partial charge in [-0.05, 0) is 64.2 Å². The van der Waals surface area contributed by atoms with Crippen molar-refractivity contribution < 1.29 is 5.11 Å². The van der Waals surface area contributed by atoms with Crippen LogP contribution in [0, 0.1) is 5.41 Å². The molecule has 1 fully saturated rings. The lowest BCUT2D eigenvalue weighted by molar-refractivity contribution is 0.0511. The van der Waals surface area contributed by atoms with Gasteiger partial charge in [0, 0.05) is 19.1 Å². The number of benzene rings is 1. The summed E-state index contributed by atoms with van der Waals surface area (Å²) in [6.07, 6.45) is 3.64. The molecule has 0 radical (unpaired) electrons. The van der Waals surface area contributed by atoms with Crippen LogP contribution in [0.1, 0.15) is 32.3 Å². The van der Waals surface area contributed by atoms with Crippen LogP contribution in [0.3, 0.4) is 0 Å². The summed E-state index contributed by atoms with van der Waals surface area (Å²) >= 11 is 0. The third-order valence-electron chi connectivity index (χ3n) is 5.10. The van der Waals surface area contributed by atoms with Gasteiger partial charge in [-0.2, -0.15) is 0 Å². The molecule has 22 heavy (non-hydrogen) atoms. The third-order valence-corrected chi connectivity index (χ3v) is 5.10. The van der Waals surface area contributed by atoms with Gasteiger partial charge in [-0.25, -0.2) is 0 Å². The second-order valence-electron chi connectivity index (χ2n) is 7.25. The number of likely N-dealkylation sites (N-methyl/N-ethyl adjacent to an activating group) is 1. The van der Waals surface area contributed by atoms with Crippen molar-refractivity contribution in [2.24, 2.45) is 5.41 Å². The minimum atomic E-state index is 0.246.